The highest BCUT2D eigenvalue weighted by Crippen LogP contribution is 2.24. The van der Waals surface area contributed by atoms with Crippen molar-refractivity contribution in [1.29, 1.82) is 0 Å². The molecule has 6 heteroatoms. The third-order valence-corrected chi connectivity index (χ3v) is 3.81. The zero-order valence-corrected chi connectivity index (χ0v) is 13.2. The van der Waals surface area contributed by atoms with Gasteiger partial charge in [-0.05, 0) is 18.6 Å². The molecule has 0 unspecified atom stereocenters. The summed E-state index contributed by atoms with van der Waals surface area (Å²) >= 11 is 0. The second kappa shape index (κ2) is 6.75. The maximum atomic E-state index is 14.1. The summed E-state index contributed by atoms with van der Waals surface area (Å²) in [6, 6.07) is 10.2. The first kappa shape index (κ1) is 15.4. The van der Waals surface area contributed by atoms with E-state index in [1.807, 2.05) is 0 Å². The fourth-order valence-corrected chi connectivity index (χ4v) is 2.46. The lowest BCUT2D eigenvalue weighted by molar-refractivity contribution is 0.110. The third-order valence-electron chi connectivity index (χ3n) is 3.81. The van der Waals surface area contributed by atoms with Gasteiger partial charge in [0.05, 0.1) is 18.0 Å². The van der Waals surface area contributed by atoms with Crippen molar-refractivity contribution in [2.75, 3.05) is 19.0 Å². The molecule has 0 saturated heterocycles. The molecule has 1 atom stereocenters. The predicted octanol–water partition coefficient (Wildman–Crippen LogP) is 3.37. The first-order valence-electron chi connectivity index (χ1n) is 7.59. The van der Waals surface area contributed by atoms with Crippen molar-refractivity contribution in [3.63, 3.8) is 0 Å². The normalized spacial score (nSPS) is 12.5. The highest BCUT2D eigenvalue weighted by Gasteiger charge is 2.12. The van der Waals surface area contributed by atoms with Crippen molar-refractivity contribution in [3.8, 4) is 11.3 Å². The van der Waals surface area contributed by atoms with Crippen LogP contribution in [0.1, 0.15) is 13.3 Å². The Kier molecular flexibility index (Phi) is 4.52. The molecule has 0 fully saturated rings. The zero-order chi connectivity index (χ0) is 16.2. The lowest BCUT2D eigenvalue weighted by Crippen LogP contribution is -2.22. The first-order chi connectivity index (χ1) is 11.2. The highest BCUT2D eigenvalue weighted by atomic mass is 19.1. The average Bonchev–Trinajstić information content (AvgIpc) is 3.04. The second-order valence-electron chi connectivity index (χ2n) is 5.25. The largest absolute Gasteiger partial charge is 0.380 e. The van der Waals surface area contributed by atoms with E-state index in [9.17, 15) is 4.39 Å². The summed E-state index contributed by atoms with van der Waals surface area (Å²) in [5, 5.41) is 7.58. The van der Waals surface area contributed by atoms with Crippen molar-refractivity contribution >= 4 is 11.5 Å². The second-order valence-corrected chi connectivity index (χ2v) is 5.25. The molecule has 2 aromatic heterocycles. The van der Waals surface area contributed by atoms with Crippen LogP contribution in [0.15, 0.2) is 42.6 Å². The fourth-order valence-electron chi connectivity index (χ4n) is 2.46. The number of nitrogens with one attached hydrogen (secondary N) is 1. The topological polar surface area (TPSA) is 51.5 Å². The number of benzene rings is 1. The van der Waals surface area contributed by atoms with Crippen LogP contribution >= 0.6 is 0 Å². The molecule has 3 rings (SSSR count). The van der Waals surface area contributed by atoms with Crippen molar-refractivity contribution < 1.29 is 9.13 Å². The molecule has 1 aromatic carbocycles. The van der Waals surface area contributed by atoms with Gasteiger partial charge in [0, 0.05) is 31.4 Å². The lowest BCUT2D eigenvalue weighted by Gasteiger charge is -2.16. The van der Waals surface area contributed by atoms with E-state index in [-0.39, 0.29) is 11.9 Å². The number of nitrogens with zero attached hydrogens (tertiary/aromatic N) is 3. The fraction of sp³-hybridized carbons (Fsp3) is 0.294. The summed E-state index contributed by atoms with van der Waals surface area (Å²) in [6.07, 6.45) is 2.68. The number of hydrogen-bond acceptors (Lipinski definition) is 4. The Hall–Kier alpha value is -2.47. The van der Waals surface area contributed by atoms with E-state index in [1.54, 1.807) is 48.2 Å². The first-order valence-corrected chi connectivity index (χ1v) is 7.59. The quantitative estimate of drug-likeness (QED) is 0.758. The van der Waals surface area contributed by atoms with Gasteiger partial charge in [0.1, 0.15) is 11.6 Å². The number of aromatic nitrogens is 3. The van der Waals surface area contributed by atoms with E-state index < -0.39 is 0 Å². The molecular formula is C17H19FN4O. The number of halogens is 1. The van der Waals surface area contributed by atoms with Gasteiger partial charge in [-0.15, -0.1) is 0 Å². The Morgan fingerprint density at radius 2 is 2.13 bits per heavy atom. The lowest BCUT2D eigenvalue weighted by atomic mass is 10.1. The number of ether oxygens (including phenoxy) is 1. The number of fused-ring (bicyclic) bond motifs is 1. The molecule has 0 aliphatic carbocycles. The molecule has 3 aromatic rings. The van der Waals surface area contributed by atoms with Gasteiger partial charge in [-0.3, -0.25) is 0 Å². The maximum Gasteiger partial charge on any atom is 0.157 e. The summed E-state index contributed by atoms with van der Waals surface area (Å²) in [5.41, 5.74) is 1.71. The number of methoxy groups -OCH3 is 1. The van der Waals surface area contributed by atoms with Crippen LogP contribution in [0.5, 0.6) is 0 Å². The molecule has 0 radical (unpaired) electrons. The van der Waals surface area contributed by atoms with Crippen molar-refractivity contribution in [2.45, 2.75) is 19.4 Å². The standard InChI is InChI=1S/C17H19FN4O/c1-3-12(23-2)11-19-17-10-15(13-6-4-5-7-14(13)18)21-16-8-9-20-22(16)17/h4-10,12,19H,3,11H2,1-2H3/t12-/m1/s1. The van der Waals surface area contributed by atoms with Gasteiger partial charge in [-0.1, -0.05) is 19.1 Å². The Balaban J connectivity index is 2.00. The van der Waals surface area contributed by atoms with Crippen LogP contribution < -0.4 is 5.32 Å². The molecule has 5 nitrogen and oxygen atoms in total. The Morgan fingerprint density at radius 1 is 1.30 bits per heavy atom. The van der Waals surface area contributed by atoms with Crippen LogP contribution in [-0.2, 0) is 4.74 Å². The highest BCUT2D eigenvalue weighted by molar-refractivity contribution is 5.66. The molecule has 23 heavy (non-hydrogen) atoms. The van der Waals surface area contributed by atoms with Gasteiger partial charge in [-0.2, -0.15) is 9.61 Å². The van der Waals surface area contributed by atoms with Crippen LogP contribution in [0.3, 0.4) is 0 Å². The van der Waals surface area contributed by atoms with Gasteiger partial charge in [-0.25, -0.2) is 9.37 Å². The van der Waals surface area contributed by atoms with Gasteiger partial charge < -0.3 is 10.1 Å². The van der Waals surface area contributed by atoms with Crippen molar-refractivity contribution in [2.24, 2.45) is 0 Å². The minimum absolute atomic E-state index is 0.102. The van der Waals surface area contributed by atoms with Gasteiger partial charge in [0.15, 0.2) is 5.65 Å². The van der Waals surface area contributed by atoms with Crippen LogP contribution in [0.2, 0.25) is 0 Å². The molecule has 120 valence electrons. The zero-order valence-electron chi connectivity index (χ0n) is 13.2. The molecule has 0 aliphatic rings. The van der Waals surface area contributed by atoms with Crippen molar-refractivity contribution in [3.05, 3.63) is 48.4 Å². The number of rotatable bonds is 6. The van der Waals surface area contributed by atoms with E-state index in [4.69, 9.17) is 4.74 Å². The summed E-state index contributed by atoms with van der Waals surface area (Å²) in [5.74, 6) is 0.465. The molecule has 0 spiro atoms. The van der Waals surface area contributed by atoms with Crippen molar-refractivity contribution in [1.82, 2.24) is 14.6 Å². The van der Waals surface area contributed by atoms with Crippen LogP contribution in [0.25, 0.3) is 16.9 Å². The Morgan fingerprint density at radius 3 is 2.87 bits per heavy atom. The number of hydrogen-bond donors (Lipinski definition) is 1. The van der Waals surface area contributed by atoms with E-state index in [2.05, 4.69) is 22.3 Å². The van der Waals surface area contributed by atoms with E-state index >= 15 is 0 Å². The van der Waals surface area contributed by atoms with Gasteiger partial charge >= 0.3 is 0 Å². The van der Waals surface area contributed by atoms with Crippen LogP contribution in [0.4, 0.5) is 10.2 Å². The van der Waals surface area contributed by atoms with Gasteiger partial charge in [0.2, 0.25) is 0 Å². The summed E-state index contributed by atoms with van der Waals surface area (Å²) in [6.45, 7) is 2.71. The van der Waals surface area contributed by atoms with E-state index in [0.29, 0.717) is 23.4 Å². The van der Waals surface area contributed by atoms with Crippen LogP contribution in [-0.4, -0.2) is 34.4 Å². The molecule has 2 heterocycles. The van der Waals surface area contributed by atoms with Crippen LogP contribution in [0, 0.1) is 5.82 Å². The smallest absolute Gasteiger partial charge is 0.157 e. The molecule has 0 aliphatic heterocycles. The van der Waals surface area contributed by atoms with E-state index in [1.165, 1.54) is 6.07 Å². The Bertz CT molecular complexity index is 798. The summed E-state index contributed by atoms with van der Waals surface area (Å²) in [7, 11) is 1.69. The van der Waals surface area contributed by atoms with E-state index in [0.717, 1.165) is 12.2 Å². The molecule has 0 amide bonds. The third kappa shape index (κ3) is 3.17. The SMILES string of the molecule is CC[C@H](CNc1cc(-c2ccccc2F)nc2ccnn12)OC. The average molecular weight is 314 g/mol. The minimum Gasteiger partial charge on any atom is -0.380 e. The Labute approximate surface area is 134 Å². The molecular weight excluding hydrogens is 295 g/mol. The summed E-state index contributed by atoms with van der Waals surface area (Å²) < 4.78 is 21.1. The summed E-state index contributed by atoms with van der Waals surface area (Å²) in [4.78, 5) is 4.48. The molecule has 0 bridgehead atoms. The predicted molar refractivity (Wildman–Crippen MR) is 88.0 cm³/mol. The molecule has 0 saturated carbocycles. The maximum absolute atomic E-state index is 14.1. The molecule has 1 N–H and O–H groups in total. The number of anilines is 1. The van der Waals surface area contributed by atoms with Gasteiger partial charge in [0.25, 0.3) is 0 Å². The monoisotopic (exact) mass is 314 g/mol. The minimum atomic E-state index is -0.293.